The van der Waals surface area contributed by atoms with Gasteiger partial charge in [-0.05, 0) is 48.0 Å². The van der Waals surface area contributed by atoms with Crippen LogP contribution in [0, 0.1) is 0 Å². The third-order valence-corrected chi connectivity index (χ3v) is 4.63. The van der Waals surface area contributed by atoms with Gasteiger partial charge in [0.2, 0.25) is 0 Å². The lowest BCUT2D eigenvalue weighted by molar-refractivity contribution is 0.0956. The summed E-state index contributed by atoms with van der Waals surface area (Å²) < 4.78 is 5.36. The lowest BCUT2D eigenvalue weighted by Gasteiger charge is -2.14. The molecule has 0 radical (unpaired) electrons. The molecule has 0 atom stereocenters. The number of amides is 1. The maximum atomic E-state index is 12.7. The van der Waals surface area contributed by atoms with Crippen molar-refractivity contribution in [1.29, 1.82) is 0 Å². The number of para-hydroxylation sites is 2. The number of carbonyl (C=O) groups is 1. The number of nitrogens with zero attached hydrogens (tertiary/aromatic N) is 2. The maximum absolute atomic E-state index is 12.7. The van der Waals surface area contributed by atoms with E-state index in [1.165, 1.54) is 0 Å². The number of benzene rings is 3. The molecule has 0 heterocycles. The number of methoxy groups -OCH3 is 1. The van der Waals surface area contributed by atoms with Crippen molar-refractivity contribution in [2.75, 3.05) is 31.4 Å². The fourth-order valence-corrected chi connectivity index (χ4v) is 2.97. The minimum absolute atomic E-state index is 0.356. The molecule has 3 aromatic carbocycles. The Hall–Kier alpha value is -3.51. The van der Waals surface area contributed by atoms with Gasteiger partial charge < -0.3 is 15.0 Å². The zero-order chi connectivity index (χ0) is 21.5. The topological polar surface area (TPSA) is 66.0 Å². The Balaban J connectivity index is 1.75. The molecule has 30 heavy (non-hydrogen) atoms. The van der Waals surface area contributed by atoms with Gasteiger partial charge in [0.15, 0.2) is 0 Å². The molecule has 0 aliphatic rings. The molecule has 6 nitrogen and oxygen atoms in total. The second-order valence-corrected chi connectivity index (χ2v) is 7.14. The number of anilines is 3. The molecule has 0 saturated heterocycles. The van der Waals surface area contributed by atoms with Crippen LogP contribution >= 0.6 is 11.6 Å². The highest BCUT2D eigenvalue weighted by molar-refractivity contribution is 6.31. The second kappa shape index (κ2) is 9.80. The molecule has 0 aromatic heterocycles. The monoisotopic (exact) mass is 422 g/mol. The van der Waals surface area contributed by atoms with Crippen LogP contribution < -0.4 is 20.4 Å². The van der Waals surface area contributed by atoms with Crippen molar-refractivity contribution >= 4 is 40.8 Å². The number of hydrogen-bond acceptors (Lipinski definition) is 5. The Morgan fingerprint density at radius 2 is 1.77 bits per heavy atom. The predicted molar refractivity (Wildman–Crippen MR) is 124 cm³/mol. The minimum Gasteiger partial charge on any atom is -0.495 e. The quantitative estimate of drug-likeness (QED) is 0.419. The molecule has 0 spiro atoms. The molecule has 2 N–H and O–H groups in total. The van der Waals surface area contributed by atoms with Crippen LogP contribution in [0.3, 0.4) is 0 Å². The molecule has 0 bridgehead atoms. The smallest absolute Gasteiger partial charge is 0.273 e. The average Bonchev–Trinajstić information content (AvgIpc) is 2.74. The number of hydrogen-bond donors (Lipinski definition) is 2. The van der Waals surface area contributed by atoms with Crippen molar-refractivity contribution in [3.63, 3.8) is 0 Å². The van der Waals surface area contributed by atoms with Gasteiger partial charge in [0, 0.05) is 24.8 Å². The fourth-order valence-electron chi connectivity index (χ4n) is 2.80. The van der Waals surface area contributed by atoms with Crippen LogP contribution in [-0.4, -0.2) is 33.3 Å². The van der Waals surface area contributed by atoms with E-state index >= 15 is 0 Å². The van der Waals surface area contributed by atoms with Crippen molar-refractivity contribution in [3.05, 3.63) is 82.9 Å². The second-order valence-electron chi connectivity index (χ2n) is 6.70. The molecule has 0 aliphatic heterocycles. The summed E-state index contributed by atoms with van der Waals surface area (Å²) in [5.41, 5.74) is 6.21. The summed E-state index contributed by atoms with van der Waals surface area (Å²) in [4.78, 5) is 14.7. The highest BCUT2D eigenvalue weighted by Gasteiger charge is 2.13. The van der Waals surface area contributed by atoms with E-state index in [9.17, 15) is 4.79 Å². The van der Waals surface area contributed by atoms with Crippen LogP contribution in [0.5, 0.6) is 5.75 Å². The van der Waals surface area contributed by atoms with E-state index in [1.807, 2.05) is 67.5 Å². The Labute approximate surface area is 181 Å². The van der Waals surface area contributed by atoms with Crippen molar-refractivity contribution in [1.82, 2.24) is 5.43 Å². The number of rotatable bonds is 7. The first kappa shape index (κ1) is 21.2. The van der Waals surface area contributed by atoms with E-state index in [1.54, 1.807) is 31.5 Å². The number of nitrogens with one attached hydrogen (secondary N) is 2. The molecule has 0 aliphatic carbocycles. The minimum atomic E-state index is -0.356. The zero-order valence-electron chi connectivity index (χ0n) is 17.0. The lowest BCUT2D eigenvalue weighted by Crippen LogP contribution is -2.19. The van der Waals surface area contributed by atoms with Gasteiger partial charge in [-0.2, -0.15) is 5.10 Å². The highest BCUT2D eigenvalue weighted by Crippen LogP contribution is 2.30. The first-order chi connectivity index (χ1) is 14.5. The van der Waals surface area contributed by atoms with E-state index < -0.39 is 0 Å². The van der Waals surface area contributed by atoms with Gasteiger partial charge in [0.25, 0.3) is 5.91 Å². The molecule has 154 valence electrons. The van der Waals surface area contributed by atoms with Crippen molar-refractivity contribution in [2.24, 2.45) is 5.10 Å². The van der Waals surface area contributed by atoms with Gasteiger partial charge in [-0.15, -0.1) is 0 Å². The number of ether oxygens (including phenoxy) is 1. The summed E-state index contributed by atoms with van der Waals surface area (Å²) in [5, 5.41) is 7.79. The Kier molecular flexibility index (Phi) is 6.93. The Morgan fingerprint density at radius 3 is 2.47 bits per heavy atom. The van der Waals surface area contributed by atoms with Gasteiger partial charge >= 0.3 is 0 Å². The number of carbonyl (C=O) groups excluding carboxylic acids is 1. The Bertz CT molecular complexity index is 1050. The van der Waals surface area contributed by atoms with Crippen molar-refractivity contribution in [3.8, 4) is 5.75 Å². The molecule has 0 saturated carbocycles. The van der Waals surface area contributed by atoms with Gasteiger partial charge in [0.1, 0.15) is 5.75 Å². The van der Waals surface area contributed by atoms with Gasteiger partial charge in [-0.3, -0.25) is 4.79 Å². The number of halogens is 1. The van der Waals surface area contributed by atoms with Crippen LogP contribution in [0.15, 0.2) is 71.8 Å². The molecule has 0 fully saturated rings. The normalized spacial score (nSPS) is 10.7. The molecule has 7 heteroatoms. The first-order valence-corrected chi connectivity index (χ1v) is 9.66. The van der Waals surface area contributed by atoms with Crippen LogP contribution in [-0.2, 0) is 0 Å². The van der Waals surface area contributed by atoms with Gasteiger partial charge in [-0.25, -0.2) is 5.43 Å². The summed E-state index contributed by atoms with van der Waals surface area (Å²) in [7, 11) is 5.55. The molecule has 0 unspecified atom stereocenters. The fraction of sp³-hybridized carbons (Fsp3) is 0.130. The molecular formula is C23H23ClN4O2. The number of hydrazone groups is 1. The lowest BCUT2D eigenvalue weighted by atomic mass is 10.1. The van der Waals surface area contributed by atoms with Gasteiger partial charge in [0.05, 0.1) is 30.3 Å². The van der Waals surface area contributed by atoms with Crippen LogP contribution in [0.25, 0.3) is 0 Å². The standard InChI is InChI=1S/C23H23ClN4O2/c1-28(2)18-11-8-16(9-12-18)15-25-27-23(29)19-13-10-17(24)14-21(19)26-20-6-4-5-7-22(20)30-3/h4-15,26H,1-3H3,(H,27,29)/b25-15+. The molecule has 3 rings (SSSR count). The van der Waals surface area contributed by atoms with Gasteiger partial charge in [-0.1, -0.05) is 35.9 Å². The summed E-state index contributed by atoms with van der Waals surface area (Å²) >= 11 is 6.14. The first-order valence-electron chi connectivity index (χ1n) is 9.28. The maximum Gasteiger partial charge on any atom is 0.273 e. The summed E-state index contributed by atoms with van der Waals surface area (Å²) in [6, 6.07) is 20.3. The van der Waals surface area contributed by atoms with E-state index in [0.717, 1.165) is 16.9 Å². The van der Waals surface area contributed by atoms with Crippen LogP contribution in [0.2, 0.25) is 5.02 Å². The SMILES string of the molecule is COc1ccccc1Nc1cc(Cl)ccc1C(=O)N/N=C/c1ccc(N(C)C)cc1. The van der Waals surface area contributed by atoms with E-state index in [-0.39, 0.29) is 5.91 Å². The third kappa shape index (κ3) is 5.30. The van der Waals surface area contributed by atoms with E-state index in [2.05, 4.69) is 15.8 Å². The van der Waals surface area contributed by atoms with Crippen LogP contribution in [0.4, 0.5) is 17.1 Å². The predicted octanol–water partition coefficient (Wildman–Crippen LogP) is 4.92. The molecular weight excluding hydrogens is 400 g/mol. The summed E-state index contributed by atoms with van der Waals surface area (Å²) in [5.74, 6) is 0.299. The average molecular weight is 423 g/mol. The summed E-state index contributed by atoms with van der Waals surface area (Å²) in [6.07, 6.45) is 1.60. The third-order valence-electron chi connectivity index (χ3n) is 4.39. The van der Waals surface area contributed by atoms with Crippen molar-refractivity contribution in [2.45, 2.75) is 0 Å². The van der Waals surface area contributed by atoms with E-state index in [4.69, 9.17) is 16.3 Å². The van der Waals surface area contributed by atoms with Crippen LogP contribution in [0.1, 0.15) is 15.9 Å². The highest BCUT2D eigenvalue weighted by atomic mass is 35.5. The molecule has 1 amide bonds. The largest absolute Gasteiger partial charge is 0.495 e. The van der Waals surface area contributed by atoms with Crippen molar-refractivity contribution < 1.29 is 9.53 Å². The summed E-state index contributed by atoms with van der Waals surface area (Å²) in [6.45, 7) is 0. The van der Waals surface area contributed by atoms with E-state index in [0.29, 0.717) is 22.0 Å². The molecule has 3 aromatic rings. The zero-order valence-corrected chi connectivity index (χ0v) is 17.8. The Morgan fingerprint density at radius 1 is 1.03 bits per heavy atom.